The molecule has 5 heteroatoms. The molecule has 15 heavy (non-hydrogen) atoms. The SMILES string of the molecule is c1ccc2c(Nc3nccs3)n[nH]c2c1. The molecule has 1 aromatic carbocycles. The number of nitrogens with zero attached hydrogens (tertiary/aromatic N) is 2. The first kappa shape index (κ1) is 8.43. The van der Waals surface area contributed by atoms with Crippen LogP contribution in [0.15, 0.2) is 35.8 Å². The molecule has 4 nitrogen and oxygen atoms in total. The zero-order valence-electron chi connectivity index (χ0n) is 7.77. The van der Waals surface area contributed by atoms with E-state index in [2.05, 4.69) is 20.5 Å². The van der Waals surface area contributed by atoms with Crippen molar-refractivity contribution in [3.63, 3.8) is 0 Å². The number of rotatable bonds is 2. The van der Waals surface area contributed by atoms with Crippen LogP contribution in [0, 0.1) is 0 Å². The number of thiazole rings is 1. The van der Waals surface area contributed by atoms with Gasteiger partial charge in [-0.05, 0) is 12.1 Å². The van der Waals surface area contributed by atoms with Crippen LogP contribution in [0.2, 0.25) is 0 Å². The Morgan fingerprint density at radius 1 is 1.27 bits per heavy atom. The van der Waals surface area contributed by atoms with Gasteiger partial charge in [0.15, 0.2) is 10.9 Å². The van der Waals surface area contributed by atoms with Crippen LogP contribution in [0.4, 0.5) is 10.9 Å². The van der Waals surface area contributed by atoms with E-state index in [9.17, 15) is 0 Å². The summed E-state index contributed by atoms with van der Waals surface area (Å²) in [7, 11) is 0. The summed E-state index contributed by atoms with van der Waals surface area (Å²) >= 11 is 1.55. The predicted octanol–water partition coefficient (Wildman–Crippen LogP) is 2.76. The molecule has 3 aromatic rings. The molecule has 0 unspecified atom stereocenters. The van der Waals surface area contributed by atoms with Crippen molar-refractivity contribution >= 4 is 33.2 Å². The van der Waals surface area contributed by atoms with E-state index in [1.54, 1.807) is 17.5 Å². The molecule has 0 amide bonds. The molecule has 2 aromatic heterocycles. The molecule has 0 radical (unpaired) electrons. The molecule has 2 N–H and O–H groups in total. The zero-order valence-corrected chi connectivity index (χ0v) is 8.58. The van der Waals surface area contributed by atoms with Crippen molar-refractivity contribution in [1.29, 1.82) is 0 Å². The van der Waals surface area contributed by atoms with Crippen LogP contribution < -0.4 is 5.32 Å². The lowest BCUT2D eigenvalue weighted by Gasteiger charge is -1.96. The van der Waals surface area contributed by atoms with Gasteiger partial charge >= 0.3 is 0 Å². The van der Waals surface area contributed by atoms with Crippen LogP contribution in [0.3, 0.4) is 0 Å². The molecule has 0 aliphatic carbocycles. The third-order valence-corrected chi connectivity index (χ3v) is 2.82. The van der Waals surface area contributed by atoms with E-state index in [1.165, 1.54) is 0 Å². The smallest absolute Gasteiger partial charge is 0.188 e. The van der Waals surface area contributed by atoms with E-state index in [-0.39, 0.29) is 0 Å². The van der Waals surface area contributed by atoms with Gasteiger partial charge in [0.25, 0.3) is 0 Å². The molecular weight excluding hydrogens is 208 g/mol. The molecular formula is C10H8N4S. The number of aromatic nitrogens is 3. The van der Waals surface area contributed by atoms with E-state index in [0.29, 0.717) is 0 Å². The topological polar surface area (TPSA) is 53.6 Å². The first-order valence-electron chi connectivity index (χ1n) is 4.53. The number of H-pyrrole nitrogens is 1. The molecule has 0 saturated heterocycles. The number of para-hydroxylation sites is 1. The minimum Gasteiger partial charge on any atom is -0.314 e. The summed E-state index contributed by atoms with van der Waals surface area (Å²) in [6.45, 7) is 0. The van der Waals surface area contributed by atoms with Gasteiger partial charge < -0.3 is 5.32 Å². The number of anilines is 2. The summed E-state index contributed by atoms with van der Waals surface area (Å²) in [4.78, 5) is 4.15. The fourth-order valence-corrected chi connectivity index (χ4v) is 1.97. The molecule has 0 aliphatic heterocycles. The lowest BCUT2D eigenvalue weighted by molar-refractivity contribution is 1.12. The molecule has 0 bridgehead atoms. The summed E-state index contributed by atoms with van der Waals surface area (Å²) in [6.07, 6.45) is 1.77. The number of nitrogens with one attached hydrogen (secondary N) is 2. The Balaban J connectivity index is 2.05. The largest absolute Gasteiger partial charge is 0.314 e. The normalized spacial score (nSPS) is 10.7. The lowest BCUT2D eigenvalue weighted by atomic mass is 10.2. The van der Waals surface area contributed by atoms with Crippen LogP contribution >= 0.6 is 11.3 Å². The molecule has 0 atom stereocenters. The van der Waals surface area contributed by atoms with Gasteiger partial charge in [-0.2, -0.15) is 5.10 Å². The van der Waals surface area contributed by atoms with Crippen molar-refractivity contribution in [3.8, 4) is 0 Å². The van der Waals surface area contributed by atoms with Gasteiger partial charge in [-0.1, -0.05) is 12.1 Å². The van der Waals surface area contributed by atoms with Crippen molar-refractivity contribution in [2.75, 3.05) is 5.32 Å². The number of hydrogen-bond donors (Lipinski definition) is 2. The van der Waals surface area contributed by atoms with E-state index < -0.39 is 0 Å². The van der Waals surface area contributed by atoms with E-state index in [0.717, 1.165) is 21.9 Å². The molecule has 74 valence electrons. The van der Waals surface area contributed by atoms with Crippen LogP contribution in [0.25, 0.3) is 10.9 Å². The zero-order chi connectivity index (χ0) is 10.1. The second kappa shape index (κ2) is 3.36. The summed E-state index contributed by atoms with van der Waals surface area (Å²) in [6, 6.07) is 7.99. The van der Waals surface area contributed by atoms with Crippen molar-refractivity contribution < 1.29 is 0 Å². The van der Waals surface area contributed by atoms with Crippen molar-refractivity contribution in [2.24, 2.45) is 0 Å². The fourth-order valence-electron chi connectivity index (χ4n) is 1.45. The number of benzene rings is 1. The average molecular weight is 216 g/mol. The monoisotopic (exact) mass is 216 g/mol. The molecule has 0 saturated carbocycles. The standard InChI is InChI=1S/C10H8N4S/c1-2-4-8-7(3-1)9(14-13-8)12-10-11-5-6-15-10/h1-6H,(H2,11,12,13,14). The maximum atomic E-state index is 4.20. The lowest BCUT2D eigenvalue weighted by Crippen LogP contribution is -1.89. The first-order valence-corrected chi connectivity index (χ1v) is 5.41. The van der Waals surface area contributed by atoms with Crippen molar-refractivity contribution in [1.82, 2.24) is 15.2 Å². The second-order valence-corrected chi connectivity index (χ2v) is 3.97. The van der Waals surface area contributed by atoms with Gasteiger partial charge in [-0.25, -0.2) is 4.98 Å². The van der Waals surface area contributed by atoms with Gasteiger partial charge in [0.2, 0.25) is 0 Å². The van der Waals surface area contributed by atoms with E-state index >= 15 is 0 Å². The highest BCUT2D eigenvalue weighted by atomic mass is 32.1. The van der Waals surface area contributed by atoms with Crippen LogP contribution in [-0.2, 0) is 0 Å². The van der Waals surface area contributed by atoms with Gasteiger partial charge in [-0.15, -0.1) is 11.3 Å². The minimum absolute atomic E-state index is 0.820. The molecule has 3 rings (SSSR count). The molecule has 2 heterocycles. The summed E-state index contributed by atoms with van der Waals surface area (Å²) in [5.41, 5.74) is 1.02. The average Bonchev–Trinajstić information content (AvgIpc) is 2.89. The molecule has 0 aliphatic rings. The van der Waals surface area contributed by atoms with Crippen molar-refractivity contribution in [3.05, 3.63) is 35.8 Å². The Morgan fingerprint density at radius 3 is 3.07 bits per heavy atom. The van der Waals surface area contributed by atoms with Crippen LogP contribution in [0.5, 0.6) is 0 Å². The maximum Gasteiger partial charge on any atom is 0.188 e. The first-order chi connectivity index (χ1) is 7.43. The highest BCUT2D eigenvalue weighted by molar-refractivity contribution is 7.13. The quantitative estimate of drug-likeness (QED) is 0.692. The Kier molecular flexibility index (Phi) is 1.89. The van der Waals surface area contributed by atoms with Gasteiger partial charge in [0, 0.05) is 17.0 Å². The van der Waals surface area contributed by atoms with Gasteiger partial charge in [0.1, 0.15) is 0 Å². The highest BCUT2D eigenvalue weighted by Gasteiger charge is 2.05. The van der Waals surface area contributed by atoms with Gasteiger partial charge in [0.05, 0.1) is 5.52 Å². The fraction of sp³-hybridized carbons (Fsp3) is 0. The van der Waals surface area contributed by atoms with E-state index in [1.807, 2.05) is 29.6 Å². The molecule has 0 spiro atoms. The maximum absolute atomic E-state index is 4.20. The number of hydrogen-bond acceptors (Lipinski definition) is 4. The predicted molar refractivity (Wildman–Crippen MR) is 61.5 cm³/mol. The Labute approximate surface area is 90.0 Å². The van der Waals surface area contributed by atoms with E-state index in [4.69, 9.17) is 0 Å². The number of fused-ring (bicyclic) bond motifs is 1. The molecule has 0 fully saturated rings. The Bertz CT molecular complexity index is 570. The highest BCUT2D eigenvalue weighted by Crippen LogP contribution is 2.24. The third kappa shape index (κ3) is 1.46. The third-order valence-electron chi connectivity index (χ3n) is 2.13. The second-order valence-electron chi connectivity index (χ2n) is 3.08. The van der Waals surface area contributed by atoms with Gasteiger partial charge in [-0.3, -0.25) is 5.10 Å². The number of aromatic amines is 1. The summed E-state index contributed by atoms with van der Waals surface area (Å²) in [5, 5.41) is 14.2. The minimum atomic E-state index is 0.820. The summed E-state index contributed by atoms with van der Waals surface area (Å²) < 4.78 is 0. The van der Waals surface area contributed by atoms with Crippen LogP contribution in [0.1, 0.15) is 0 Å². The summed E-state index contributed by atoms with van der Waals surface area (Å²) in [5.74, 6) is 0.820. The Hall–Kier alpha value is -1.88. The van der Waals surface area contributed by atoms with Crippen molar-refractivity contribution in [2.45, 2.75) is 0 Å². The van der Waals surface area contributed by atoms with Crippen LogP contribution in [-0.4, -0.2) is 15.2 Å². The Morgan fingerprint density at radius 2 is 2.20 bits per heavy atom.